The fraction of sp³-hybridized carbons (Fsp3) is 0.400. The summed E-state index contributed by atoms with van der Waals surface area (Å²) in [6.45, 7) is 0.736. The largest absolute Gasteiger partial charge is 0.393 e. The van der Waals surface area contributed by atoms with Gasteiger partial charge >= 0.3 is 0 Å². The molecule has 0 saturated heterocycles. The Morgan fingerprint density at radius 2 is 2.16 bits per heavy atom. The smallest absolute Gasteiger partial charge is 0.255 e. The summed E-state index contributed by atoms with van der Waals surface area (Å²) in [4.78, 5) is 14.2. The van der Waals surface area contributed by atoms with Crippen LogP contribution in [0.5, 0.6) is 0 Å². The maximum absolute atomic E-state index is 12.4. The van der Waals surface area contributed by atoms with E-state index in [1.165, 1.54) is 0 Å². The van der Waals surface area contributed by atoms with Crippen molar-refractivity contribution in [3.8, 4) is 0 Å². The molecule has 1 aliphatic rings. The van der Waals surface area contributed by atoms with Gasteiger partial charge in [-0.15, -0.1) is 11.3 Å². The van der Waals surface area contributed by atoms with Gasteiger partial charge in [-0.1, -0.05) is 18.2 Å². The number of hydrogen-bond acceptors (Lipinski definition) is 3. The Kier molecular flexibility index (Phi) is 3.29. The average molecular weight is 275 g/mol. The second-order valence-corrected chi connectivity index (χ2v) is 6.23. The van der Waals surface area contributed by atoms with Gasteiger partial charge in [0.15, 0.2) is 0 Å². The molecule has 1 aromatic carbocycles. The van der Waals surface area contributed by atoms with E-state index in [0.29, 0.717) is 5.92 Å². The van der Waals surface area contributed by atoms with Crippen LogP contribution in [0, 0.1) is 5.92 Å². The Morgan fingerprint density at radius 3 is 2.89 bits per heavy atom. The molecular weight excluding hydrogens is 258 g/mol. The first kappa shape index (κ1) is 12.6. The first-order valence-electron chi connectivity index (χ1n) is 6.55. The Balaban J connectivity index is 1.75. The fourth-order valence-corrected chi connectivity index (χ4v) is 3.60. The van der Waals surface area contributed by atoms with Crippen molar-refractivity contribution in [2.75, 3.05) is 13.6 Å². The van der Waals surface area contributed by atoms with Gasteiger partial charge in [-0.05, 0) is 24.8 Å². The van der Waals surface area contributed by atoms with Crippen molar-refractivity contribution >= 4 is 27.3 Å². The number of amides is 1. The summed E-state index contributed by atoms with van der Waals surface area (Å²) in [7, 11) is 1.85. The van der Waals surface area contributed by atoms with E-state index in [1.807, 2.05) is 36.7 Å². The maximum atomic E-state index is 12.4. The van der Waals surface area contributed by atoms with Gasteiger partial charge in [-0.3, -0.25) is 4.79 Å². The van der Waals surface area contributed by atoms with Crippen LogP contribution in [0.4, 0.5) is 0 Å². The van der Waals surface area contributed by atoms with Crippen LogP contribution in [0.1, 0.15) is 23.2 Å². The average Bonchev–Trinajstić information content (AvgIpc) is 2.79. The Bertz CT molecular complexity index is 601. The number of carbonyl (C=O) groups is 1. The molecule has 1 fully saturated rings. The molecule has 3 nitrogen and oxygen atoms in total. The Morgan fingerprint density at radius 1 is 1.42 bits per heavy atom. The van der Waals surface area contributed by atoms with Gasteiger partial charge < -0.3 is 10.0 Å². The van der Waals surface area contributed by atoms with Crippen LogP contribution in [-0.4, -0.2) is 35.6 Å². The zero-order chi connectivity index (χ0) is 13.4. The second-order valence-electron chi connectivity index (χ2n) is 5.32. The minimum Gasteiger partial charge on any atom is -0.393 e. The molecule has 1 aliphatic carbocycles. The number of fused-ring (bicyclic) bond motifs is 1. The van der Waals surface area contributed by atoms with Gasteiger partial charge in [0.2, 0.25) is 0 Å². The predicted molar refractivity (Wildman–Crippen MR) is 77.5 cm³/mol. The number of thiophene rings is 1. The summed E-state index contributed by atoms with van der Waals surface area (Å²) in [5, 5.41) is 12.3. The molecule has 1 N–H and O–H groups in total. The van der Waals surface area contributed by atoms with Crippen molar-refractivity contribution in [3.63, 3.8) is 0 Å². The van der Waals surface area contributed by atoms with E-state index in [1.54, 1.807) is 16.2 Å². The molecule has 100 valence electrons. The lowest BCUT2D eigenvalue weighted by Crippen LogP contribution is -2.39. The standard InChI is InChI=1S/C15H17NO2S/c1-16(8-10-6-11(17)7-10)15(18)13-9-19-14-5-3-2-4-12(13)14/h2-5,9-11,17H,6-8H2,1H3. The van der Waals surface area contributed by atoms with E-state index in [2.05, 4.69) is 0 Å². The van der Waals surface area contributed by atoms with Crippen molar-refractivity contribution in [1.82, 2.24) is 4.90 Å². The van der Waals surface area contributed by atoms with E-state index in [4.69, 9.17) is 0 Å². The highest BCUT2D eigenvalue weighted by molar-refractivity contribution is 7.17. The Labute approximate surface area is 116 Å². The van der Waals surface area contributed by atoms with Gasteiger partial charge in [0, 0.05) is 29.1 Å². The number of carbonyl (C=O) groups excluding carboxylic acids is 1. The molecule has 4 heteroatoms. The third kappa shape index (κ3) is 2.38. The summed E-state index contributed by atoms with van der Waals surface area (Å²) < 4.78 is 1.15. The van der Waals surface area contributed by atoms with E-state index < -0.39 is 0 Å². The first-order valence-corrected chi connectivity index (χ1v) is 7.43. The highest BCUT2D eigenvalue weighted by atomic mass is 32.1. The lowest BCUT2D eigenvalue weighted by molar-refractivity contribution is 0.0266. The van der Waals surface area contributed by atoms with E-state index in [-0.39, 0.29) is 12.0 Å². The van der Waals surface area contributed by atoms with Crippen molar-refractivity contribution in [1.29, 1.82) is 0 Å². The minimum absolute atomic E-state index is 0.0823. The van der Waals surface area contributed by atoms with Crippen molar-refractivity contribution in [2.45, 2.75) is 18.9 Å². The lowest BCUT2D eigenvalue weighted by atomic mass is 9.82. The summed E-state index contributed by atoms with van der Waals surface area (Å²) in [5.41, 5.74) is 0.794. The van der Waals surface area contributed by atoms with Crippen molar-refractivity contribution < 1.29 is 9.90 Å². The molecule has 3 rings (SSSR count). The summed E-state index contributed by atoms with van der Waals surface area (Å²) in [5.74, 6) is 0.535. The molecule has 1 amide bonds. The molecule has 19 heavy (non-hydrogen) atoms. The van der Waals surface area contributed by atoms with E-state index in [0.717, 1.165) is 35.0 Å². The topological polar surface area (TPSA) is 40.5 Å². The zero-order valence-corrected chi connectivity index (χ0v) is 11.7. The van der Waals surface area contributed by atoms with Crippen molar-refractivity contribution in [2.24, 2.45) is 5.92 Å². The summed E-state index contributed by atoms with van der Waals surface area (Å²) in [6, 6.07) is 8.00. The minimum atomic E-state index is -0.157. The molecule has 1 saturated carbocycles. The quantitative estimate of drug-likeness (QED) is 0.935. The van der Waals surface area contributed by atoms with Crippen LogP contribution in [0.15, 0.2) is 29.6 Å². The third-order valence-electron chi connectivity index (χ3n) is 3.80. The highest BCUT2D eigenvalue weighted by Crippen LogP contribution is 2.30. The van der Waals surface area contributed by atoms with Gasteiger partial charge in [-0.2, -0.15) is 0 Å². The number of benzene rings is 1. The fourth-order valence-electron chi connectivity index (χ4n) is 2.67. The molecular formula is C15H17NO2S. The van der Waals surface area contributed by atoms with Crippen LogP contribution in [0.2, 0.25) is 0 Å². The SMILES string of the molecule is CN(CC1CC(O)C1)C(=O)c1csc2ccccc12. The van der Waals surface area contributed by atoms with Gasteiger partial charge in [-0.25, -0.2) is 0 Å². The van der Waals surface area contributed by atoms with E-state index in [9.17, 15) is 9.90 Å². The molecule has 0 spiro atoms. The predicted octanol–water partition coefficient (Wildman–Crippen LogP) is 2.74. The van der Waals surface area contributed by atoms with Gasteiger partial charge in [0.25, 0.3) is 5.91 Å². The highest BCUT2D eigenvalue weighted by Gasteiger charge is 2.29. The molecule has 1 heterocycles. The summed E-state index contributed by atoms with van der Waals surface area (Å²) in [6.07, 6.45) is 1.49. The molecule has 0 atom stereocenters. The third-order valence-corrected chi connectivity index (χ3v) is 4.76. The van der Waals surface area contributed by atoms with E-state index >= 15 is 0 Å². The van der Waals surface area contributed by atoms with Crippen LogP contribution in [-0.2, 0) is 0 Å². The number of aliphatic hydroxyl groups excluding tert-OH is 1. The maximum Gasteiger partial charge on any atom is 0.255 e. The van der Waals surface area contributed by atoms with Gasteiger partial charge in [0.1, 0.15) is 0 Å². The molecule has 2 aromatic rings. The number of nitrogens with zero attached hydrogens (tertiary/aromatic N) is 1. The number of aliphatic hydroxyl groups is 1. The van der Waals surface area contributed by atoms with Crippen LogP contribution in [0.25, 0.3) is 10.1 Å². The zero-order valence-electron chi connectivity index (χ0n) is 10.9. The molecule has 1 aromatic heterocycles. The number of hydrogen-bond donors (Lipinski definition) is 1. The first-order chi connectivity index (χ1) is 9.15. The van der Waals surface area contributed by atoms with Crippen LogP contribution in [0.3, 0.4) is 0 Å². The van der Waals surface area contributed by atoms with Crippen molar-refractivity contribution in [3.05, 3.63) is 35.2 Å². The van der Waals surface area contributed by atoms with Crippen LogP contribution < -0.4 is 0 Å². The summed E-state index contributed by atoms with van der Waals surface area (Å²) >= 11 is 1.61. The molecule has 0 unspecified atom stereocenters. The van der Waals surface area contributed by atoms with Gasteiger partial charge in [0.05, 0.1) is 11.7 Å². The molecule has 0 bridgehead atoms. The monoisotopic (exact) mass is 275 g/mol. The number of rotatable bonds is 3. The Hall–Kier alpha value is -1.39. The molecule has 0 radical (unpaired) electrons. The lowest BCUT2D eigenvalue weighted by Gasteiger charge is -2.34. The molecule has 0 aliphatic heterocycles. The normalized spacial score (nSPS) is 22.2. The van der Waals surface area contributed by atoms with Crippen LogP contribution >= 0.6 is 11.3 Å². The second kappa shape index (κ2) is 4.94.